The third-order valence-corrected chi connectivity index (χ3v) is 12.1. The summed E-state index contributed by atoms with van der Waals surface area (Å²) in [7, 11) is 2.59. The molecule has 58 heavy (non-hydrogen) atoms. The minimum Gasteiger partial charge on any atom is -0.453 e. The minimum atomic E-state index is -0.679. The standard InChI is InChI=1S/C44H50N8O6/c1-23(2)37(49-43(55)57-5)41(53)51-33-17-29(33)19-35(51)39-45-21-31(47-39)27-13-9-25(10-14-27)7-8-26-11-15-28(16-12-26)32-22-46-40(48-32)36-20-30-18-34(30)52(36)42(54)38(24(3)4)50-44(56)58-6/h9-16,21-24,29-30,33-38H,17-20H2,1-6H3,(H,45,47)(H,46,48)(H,49,55)(H,50,56)/t29-,30-,33-,34-,35-,36-,37-,38+/m0/s1. The monoisotopic (exact) mass is 786 g/mol. The molecule has 2 aromatic heterocycles. The molecule has 0 unspecified atom stereocenters. The van der Waals surface area contributed by atoms with Gasteiger partial charge in [-0.1, -0.05) is 63.8 Å². The number of alkyl carbamates (subject to hydrolysis) is 2. The number of likely N-dealkylation sites (tertiary alicyclic amines) is 2. The van der Waals surface area contributed by atoms with Crippen molar-refractivity contribution in [3.8, 4) is 34.4 Å². The quantitative estimate of drug-likeness (QED) is 0.143. The van der Waals surface area contributed by atoms with Gasteiger partial charge in [-0.15, -0.1) is 0 Å². The average molecular weight is 787 g/mol. The number of aromatic nitrogens is 4. The molecule has 4 aromatic rings. The van der Waals surface area contributed by atoms with Crippen LogP contribution < -0.4 is 10.6 Å². The lowest BCUT2D eigenvalue weighted by Gasteiger charge is -2.31. The summed E-state index contributed by atoms with van der Waals surface area (Å²) in [6, 6.07) is 14.5. The second-order valence-electron chi connectivity index (χ2n) is 16.6. The molecular weight excluding hydrogens is 737 g/mol. The number of nitrogens with one attached hydrogen (secondary N) is 4. The van der Waals surface area contributed by atoms with Gasteiger partial charge in [0.1, 0.15) is 23.7 Å². The summed E-state index contributed by atoms with van der Waals surface area (Å²) >= 11 is 0. The molecule has 302 valence electrons. The summed E-state index contributed by atoms with van der Waals surface area (Å²) in [5.74, 6) is 8.49. The van der Waals surface area contributed by atoms with E-state index in [1.807, 2.05) is 86.0 Å². The number of benzene rings is 2. The average Bonchev–Trinajstić information content (AvgIpc) is 3.81. The molecule has 4 N–H and O–H groups in total. The van der Waals surface area contributed by atoms with E-state index in [2.05, 4.69) is 32.4 Å². The second kappa shape index (κ2) is 15.7. The highest BCUT2D eigenvalue weighted by atomic mass is 16.5. The number of methoxy groups -OCH3 is 2. The maximum atomic E-state index is 13.7. The van der Waals surface area contributed by atoms with Crippen LogP contribution in [0.5, 0.6) is 0 Å². The van der Waals surface area contributed by atoms with Crippen molar-refractivity contribution in [3.63, 3.8) is 0 Å². The minimum absolute atomic E-state index is 0.0994. The molecule has 0 radical (unpaired) electrons. The van der Waals surface area contributed by atoms with E-state index < -0.39 is 24.3 Å². The molecule has 0 bridgehead atoms. The molecule has 2 saturated carbocycles. The van der Waals surface area contributed by atoms with E-state index >= 15 is 0 Å². The first-order valence-corrected chi connectivity index (χ1v) is 20.1. The summed E-state index contributed by atoms with van der Waals surface area (Å²) in [6.45, 7) is 7.66. The number of carbonyl (C=O) groups excluding carboxylic acids is 4. The van der Waals surface area contributed by atoms with Gasteiger partial charge in [-0.2, -0.15) is 0 Å². The van der Waals surface area contributed by atoms with Crippen LogP contribution in [0.2, 0.25) is 0 Å². The lowest BCUT2D eigenvalue weighted by Crippen LogP contribution is -2.52. The van der Waals surface area contributed by atoms with Gasteiger partial charge in [-0.05, 0) is 84.7 Å². The predicted octanol–water partition coefficient (Wildman–Crippen LogP) is 5.95. The normalized spacial score (nSPS) is 23.7. The highest BCUT2D eigenvalue weighted by Crippen LogP contribution is 2.54. The fraction of sp³-hybridized carbons (Fsp3) is 0.455. The second-order valence-corrected chi connectivity index (χ2v) is 16.6. The first-order chi connectivity index (χ1) is 27.9. The summed E-state index contributed by atoms with van der Waals surface area (Å²) in [6.07, 6.45) is 6.00. The van der Waals surface area contributed by atoms with E-state index in [4.69, 9.17) is 19.4 Å². The van der Waals surface area contributed by atoms with Gasteiger partial charge in [0.25, 0.3) is 0 Å². The molecule has 8 rings (SSSR count). The van der Waals surface area contributed by atoms with Crippen LogP contribution in [0.4, 0.5) is 9.59 Å². The Labute approximate surface area is 337 Å². The molecule has 4 aliphatic rings. The molecule has 14 heteroatoms. The third-order valence-electron chi connectivity index (χ3n) is 12.1. The Morgan fingerprint density at radius 1 is 0.638 bits per heavy atom. The Bertz CT molecular complexity index is 2100. The molecule has 0 spiro atoms. The molecule has 4 heterocycles. The van der Waals surface area contributed by atoms with E-state index in [-0.39, 0.29) is 47.8 Å². The Balaban J connectivity index is 0.903. The highest BCUT2D eigenvalue weighted by molar-refractivity contribution is 5.88. The van der Waals surface area contributed by atoms with Crippen LogP contribution in [0.25, 0.3) is 22.5 Å². The Morgan fingerprint density at radius 3 is 1.36 bits per heavy atom. The summed E-state index contributed by atoms with van der Waals surface area (Å²) in [4.78, 5) is 71.7. The fourth-order valence-corrected chi connectivity index (χ4v) is 8.67. The number of hydrogen-bond acceptors (Lipinski definition) is 8. The van der Waals surface area contributed by atoms with Crippen molar-refractivity contribution in [2.75, 3.05) is 14.2 Å². The number of ether oxygens (including phenoxy) is 2. The molecule has 4 fully saturated rings. The number of fused-ring (bicyclic) bond motifs is 2. The van der Waals surface area contributed by atoms with Gasteiger partial charge in [0.2, 0.25) is 11.8 Å². The van der Waals surface area contributed by atoms with E-state index in [1.165, 1.54) is 14.2 Å². The topological polar surface area (TPSA) is 175 Å². The summed E-state index contributed by atoms with van der Waals surface area (Å²) in [5.41, 5.74) is 5.36. The number of nitrogens with zero attached hydrogens (tertiary/aromatic N) is 4. The van der Waals surface area contributed by atoms with Gasteiger partial charge in [0.15, 0.2) is 0 Å². The molecule has 4 amide bonds. The van der Waals surface area contributed by atoms with Crippen LogP contribution >= 0.6 is 0 Å². The van der Waals surface area contributed by atoms with Crippen molar-refractivity contribution >= 4 is 24.0 Å². The van der Waals surface area contributed by atoms with Crippen LogP contribution in [0.3, 0.4) is 0 Å². The van der Waals surface area contributed by atoms with Crippen molar-refractivity contribution in [3.05, 3.63) is 83.7 Å². The summed E-state index contributed by atoms with van der Waals surface area (Å²) < 4.78 is 9.57. The molecule has 2 aliphatic carbocycles. The zero-order chi connectivity index (χ0) is 40.8. The van der Waals surface area contributed by atoms with Gasteiger partial charge in [-0.25, -0.2) is 19.6 Å². The predicted molar refractivity (Wildman–Crippen MR) is 215 cm³/mol. The van der Waals surface area contributed by atoms with Crippen LogP contribution in [0.15, 0.2) is 60.9 Å². The Kier molecular flexibility index (Phi) is 10.5. The van der Waals surface area contributed by atoms with Crippen LogP contribution in [-0.2, 0) is 19.1 Å². The van der Waals surface area contributed by atoms with Crippen molar-refractivity contribution in [1.29, 1.82) is 0 Å². The number of aromatic amines is 2. The van der Waals surface area contributed by atoms with E-state index in [9.17, 15) is 19.2 Å². The zero-order valence-corrected chi connectivity index (χ0v) is 33.6. The first kappa shape index (κ1) is 38.8. The SMILES string of the molecule is COC(=O)N[C@H](C(=O)N1[C@H](c2ncc(-c3ccc(C#Cc4ccc(-c5cnc([C@@H]6C[C@@H]7C[C@@H]7N6C(=O)[C@H](NC(=O)OC)C(C)C)[nH]5)cc4)cc3)[nH]2)C[C@@H]2C[C@@H]21)C(C)C. The van der Waals surface area contributed by atoms with E-state index in [1.54, 1.807) is 12.4 Å². The Hall–Kier alpha value is -6.10. The van der Waals surface area contributed by atoms with E-state index in [0.29, 0.717) is 11.8 Å². The zero-order valence-electron chi connectivity index (χ0n) is 33.6. The fourth-order valence-electron chi connectivity index (χ4n) is 8.67. The smallest absolute Gasteiger partial charge is 0.407 e. The van der Waals surface area contributed by atoms with Gasteiger partial charge in [-0.3, -0.25) is 9.59 Å². The molecule has 2 aromatic carbocycles. The molecule has 2 saturated heterocycles. The number of imidazole rings is 2. The number of H-pyrrole nitrogens is 2. The lowest BCUT2D eigenvalue weighted by atomic mass is 10.0. The number of hydrogen-bond donors (Lipinski definition) is 4. The maximum Gasteiger partial charge on any atom is 0.407 e. The molecule has 8 atom stereocenters. The maximum absolute atomic E-state index is 13.7. The van der Waals surface area contributed by atoms with Crippen LogP contribution in [-0.4, -0.2) is 92.1 Å². The van der Waals surface area contributed by atoms with Crippen molar-refractivity contribution in [2.24, 2.45) is 23.7 Å². The summed E-state index contributed by atoms with van der Waals surface area (Å²) in [5, 5.41) is 5.45. The van der Waals surface area contributed by atoms with E-state index in [0.717, 1.165) is 71.0 Å². The number of amides is 4. The number of rotatable bonds is 10. The highest BCUT2D eigenvalue weighted by Gasteiger charge is 2.57. The van der Waals surface area contributed by atoms with Gasteiger partial charge < -0.3 is 39.9 Å². The Morgan fingerprint density at radius 2 is 1.02 bits per heavy atom. The van der Waals surface area contributed by atoms with Gasteiger partial charge >= 0.3 is 12.2 Å². The first-order valence-electron chi connectivity index (χ1n) is 20.1. The third kappa shape index (κ3) is 7.65. The molecule has 14 nitrogen and oxygen atoms in total. The van der Waals surface area contributed by atoms with Crippen LogP contribution in [0, 0.1) is 35.5 Å². The lowest BCUT2D eigenvalue weighted by molar-refractivity contribution is -0.137. The van der Waals surface area contributed by atoms with Crippen LogP contribution in [0.1, 0.15) is 88.2 Å². The van der Waals surface area contributed by atoms with Crippen molar-refractivity contribution in [2.45, 2.75) is 89.6 Å². The van der Waals surface area contributed by atoms with Gasteiger partial charge in [0, 0.05) is 23.2 Å². The largest absolute Gasteiger partial charge is 0.453 e. The number of piperidine rings is 2. The van der Waals surface area contributed by atoms with Gasteiger partial charge in [0.05, 0.1) is 50.1 Å². The molecule has 2 aliphatic heterocycles. The van der Waals surface area contributed by atoms with Crippen molar-refractivity contribution in [1.82, 2.24) is 40.4 Å². The number of carbonyl (C=O) groups is 4. The molecular formula is C44H50N8O6. The van der Waals surface area contributed by atoms with Crippen molar-refractivity contribution < 1.29 is 28.7 Å².